The first-order chi connectivity index (χ1) is 10.8. The lowest BCUT2D eigenvalue weighted by Gasteiger charge is -2.10. The van der Waals surface area contributed by atoms with Crippen molar-refractivity contribution in [2.75, 3.05) is 11.9 Å². The molecule has 3 nitrogen and oxygen atoms in total. The fraction of sp³-hybridized carbons (Fsp3) is 0.188. The van der Waals surface area contributed by atoms with Crippen molar-refractivity contribution in [3.05, 3.63) is 59.1 Å². The summed E-state index contributed by atoms with van der Waals surface area (Å²) >= 11 is 5.73. The molecule has 0 aromatic heterocycles. The van der Waals surface area contributed by atoms with Crippen molar-refractivity contribution in [3.8, 4) is 5.75 Å². The van der Waals surface area contributed by atoms with Gasteiger partial charge in [-0.05, 0) is 42.5 Å². The molecule has 122 valence electrons. The smallest absolute Gasteiger partial charge is 0.416 e. The first kappa shape index (κ1) is 17.1. The van der Waals surface area contributed by atoms with E-state index in [1.165, 1.54) is 12.1 Å². The lowest BCUT2D eigenvalue weighted by molar-refractivity contribution is -0.137. The number of nitrogens with one attached hydrogen (secondary N) is 1. The largest absolute Gasteiger partial charge is 0.493 e. The number of anilines is 1. The van der Waals surface area contributed by atoms with Crippen LogP contribution in [0.1, 0.15) is 12.0 Å². The van der Waals surface area contributed by atoms with E-state index in [0.717, 1.165) is 12.1 Å². The van der Waals surface area contributed by atoms with Gasteiger partial charge in [-0.2, -0.15) is 13.2 Å². The molecule has 0 spiro atoms. The molecule has 23 heavy (non-hydrogen) atoms. The number of carbonyl (C=O) groups is 1. The number of amides is 1. The Bertz CT molecular complexity index is 672. The second-order valence-electron chi connectivity index (χ2n) is 4.68. The zero-order chi connectivity index (χ0) is 16.9. The van der Waals surface area contributed by atoms with E-state index < -0.39 is 17.6 Å². The minimum Gasteiger partial charge on any atom is -0.493 e. The number of alkyl halides is 3. The summed E-state index contributed by atoms with van der Waals surface area (Å²) in [6.07, 6.45) is -4.43. The molecule has 0 atom stereocenters. The zero-order valence-electron chi connectivity index (χ0n) is 11.9. The molecule has 0 unspecified atom stereocenters. The molecule has 0 radical (unpaired) electrons. The SMILES string of the molecule is O=C(CCOc1ccc(Cl)cc1)Nc1cccc(C(F)(F)F)c1. The monoisotopic (exact) mass is 343 g/mol. The summed E-state index contributed by atoms with van der Waals surface area (Å²) in [4.78, 5) is 11.7. The Morgan fingerprint density at radius 1 is 1.13 bits per heavy atom. The van der Waals surface area contributed by atoms with Gasteiger partial charge in [0.25, 0.3) is 0 Å². The van der Waals surface area contributed by atoms with Crippen molar-refractivity contribution in [2.45, 2.75) is 12.6 Å². The van der Waals surface area contributed by atoms with Crippen LogP contribution in [-0.2, 0) is 11.0 Å². The van der Waals surface area contributed by atoms with Crippen molar-refractivity contribution < 1.29 is 22.7 Å². The number of halogens is 4. The highest BCUT2D eigenvalue weighted by Crippen LogP contribution is 2.30. The summed E-state index contributed by atoms with van der Waals surface area (Å²) < 4.78 is 43.1. The molecular weight excluding hydrogens is 331 g/mol. The number of hydrogen-bond donors (Lipinski definition) is 1. The van der Waals surface area contributed by atoms with Gasteiger partial charge in [0.2, 0.25) is 5.91 Å². The van der Waals surface area contributed by atoms with E-state index in [-0.39, 0.29) is 18.7 Å². The molecule has 0 aliphatic carbocycles. The average molecular weight is 344 g/mol. The molecule has 2 aromatic carbocycles. The van der Waals surface area contributed by atoms with Gasteiger partial charge in [-0.25, -0.2) is 0 Å². The lowest BCUT2D eigenvalue weighted by Crippen LogP contribution is -2.15. The molecule has 1 N–H and O–H groups in total. The van der Waals surface area contributed by atoms with Crippen molar-refractivity contribution in [2.24, 2.45) is 0 Å². The standard InChI is InChI=1S/C16H13ClF3NO2/c17-12-4-6-14(7-5-12)23-9-8-15(22)21-13-3-1-2-11(10-13)16(18,19)20/h1-7,10H,8-9H2,(H,21,22). The van der Waals surface area contributed by atoms with Crippen LogP contribution in [0.4, 0.5) is 18.9 Å². The van der Waals surface area contributed by atoms with E-state index in [0.29, 0.717) is 10.8 Å². The molecule has 0 aliphatic heterocycles. The molecular formula is C16H13ClF3NO2. The zero-order valence-corrected chi connectivity index (χ0v) is 12.6. The number of benzene rings is 2. The Morgan fingerprint density at radius 2 is 1.83 bits per heavy atom. The van der Waals surface area contributed by atoms with Crippen LogP contribution in [-0.4, -0.2) is 12.5 Å². The van der Waals surface area contributed by atoms with E-state index >= 15 is 0 Å². The van der Waals surface area contributed by atoms with Gasteiger partial charge in [0, 0.05) is 10.7 Å². The Kier molecular flexibility index (Phi) is 5.50. The highest BCUT2D eigenvalue weighted by molar-refractivity contribution is 6.30. The second kappa shape index (κ2) is 7.37. The van der Waals surface area contributed by atoms with Crippen LogP contribution in [0.15, 0.2) is 48.5 Å². The van der Waals surface area contributed by atoms with Crippen molar-refractivity contribution in [1.82, 2.24) is 0 Å². The van der Waals surface area contributed by atoms with Crippen molar-refractivity contribution in [3.63, 3.8) is 0 Å². The molecule has 0 aliphatic rings. The third-order valence-corrected chi connectivity index (χ3v) is 3.14. The van der Waals surface area contributed by atoms with Crippen LogP contribution in [0, 0.1) is 0 Å². The maximum absolute atomic E-state index is 12.6. The van der Waals surface area contributed by atoms with E-state index in [9.17, 15) is 18.0 Å². The van der Waals surface area contributed by atoms with Crippen molar-refractivity contribution >= 4 is 23.2 Å². The van der Waals surface area contributed by atoms with Crippen LogP contribution in [0.3, 0.4) is 0 Å². The quantitative estimate of drug-likeness (QED) is 0.849. The van der Waals surface area contributed by atoms with Gasteiger partial charge in [-0.1, -0.05) is 17.7 Å². The summed E-state index contributed by atoms with van der Waals surface area (Å²) in [5.74, 6) is 0.125. The predicted molar refractivity (Wildman–Crippen MR) is 81.6 cm³/mol. The van der Waals surface area contributed by atoms with E-state index in [4.69, 9.17) is 16.3 Å². The molecule has 0 saturated heterocycles. The maximum atomic E-state index is 12.6. The van der Waals surface area contributed by atoms with Gasteiger partial charge in [0.05, 0.1) is 18.6 Å². The first-order valence-corrected chi connectivity index (χ1v) is 7.08. The number of rotatable bonds is 5. The van der Waals surface area contributed by atoms with Gasteiger partial charge in [0.15, 0.2) is 0 Å². The highest BCUT2D eigenvalue weighted by atomic mass is 35.5. The van der Waals surface area contributed by atoms with Gasteiger partial charge in [-0.15, -0.1) is 0 Å². The first-order valence-electron chi connectivity index (χ1n) is 6.70. The molecule has 0 fully saturated rings. The number of hydrogen-bond acceptors (Lipinski definition) is 2. The van der Waals surface area contributed by atoms with Crippen LogP contribution in [0.2, 0.25) is 5.02 Å². The van der Waals surface area contributed by atoms with Crippen LogP contribution in [0.5, 0.6) is 5.75 Å². The fourth-order valence-corrected chi connectivity index (χ4v) is 1.92. The third-order valence-electron chi connectivity index (χ3n) is 2.89. The van der Waals surface area contributed by atoms with Crippen LogP contribution < -0.4 is 10.1 Å². The molecule has 0 bridgehead atoms. The third kappa shape index (κ3) is 5.49. The van der Waals surface area contributed by atoms with E-state index in [1.54, 1.807) is 24.3 Å². The highest BCUT2D eigenvalue weighted by Gasteiger charge is 2.30. The van der Waals surface area contributed by atoms with Crippen LogP contribution in [0.25, 0.3) is 0 Å². The summed E-state index contributed by atoms with van der Waals surface area (Å²) in [6.45, 7) is 0.104. The second-order valence-corrected chi connectivity index (χ2v) is 5.12. The van der Waals surface area contributed by atoms with E-state index in [2.05, 4.69) is 5.32 Å². The lowest BCUT2D eigenvalue weighted by atomic mass is 10.2. The Balaban J connectivity index is 1.84. The maximum Gasteiger partial charge on any atom is 0.416 e. The Morgan fingerprint density at radius 3 is 2.48 bits per heavy atom. The summed E-state index contributed by atoms with van der Waals surface area (Å²) in [6, 6.07) is 11.1. The van der Waals surface area contributed by atoms with Gasteiger partial charge in [-0.3, -0.25) is 4.79 Å². The molecule has 1 amide bonds. The van der Waals surface area contributed by atoms with Gasteiger partial charge >= 0.3 is 6.18 Å². The summed E-state index contributed by atoms with van der Waals surface area (Å²) in [5, 5.41) is 2.98. The topological polar surface area (TPSA) is 38.3 Å². The minimum absolute atomic E-state index is 0.0128. The average Bonchev–Trinajstić information content (AvgIpc) is 2.49. The molecule has 2 rings (SSSR count). The number of ether oxygens (including phenoxy) is 1. The Labute approximate surface area is 136 Å². The Hall–Kier alpha value is -2.21. The molecule has 0 saturated carbocycles. The minimum atomic E-state index is -4.45. The molecule has 7 heteroatoms. The van der Waals surface area contributed by atoms with Crippen molar-refractivity contribution in [1.29, 1.82) is 0 Å². The number of carbonyl (C=O) groups excluding carboxylic acids is 1. The molecule has 2 aromatic rings. The predicted octanol–water partition coefficient (Wildman–Crippen LogP) is 4.77. The van der Waals surface area contributed by atoms with Gasteiger partial charge in [0.1, 0.15) is 5.75 Å². The summed E-state index contributed by atoms with van der Waals surface area (Å²) in [7, 11) is 0. The van der Waals surface area contributed by atoms with Gasteiger partial charge < -0.3 is 10.1 Å². The normalized spacial score (nSPS) is 11.1. The summed E-state index contributed by atoms with van der Waals surface area (Å²) in [5.41, 5.74) is -0.718. The van der Waals surface area contributed by atoms with E-state index in [1.807, 2.05) is 0 Å². The fourth-order valence-electron chi connectivity index (χ4n) is 1.79. The molecule has 0 heterocycles. The van der Waals surface area contributed by atoms with Crippen LogP contribution >= 0.6 is 11.6 Å².